The lowest BCUT2D eigenvalue weighted by Crippen LogP contribution is -2.23. The normalized spacial score (nSPS) is 11.7. The van der Waals surface area contributed by atoms with Gasteiger partial charge in [-0.1, -0.05) is 47.6 Å². The minimum atomic E-state index is -0.359. The Bertz CT molecular complexity index is 1020. The number of carbonyl (C=O) groups is 1. The number of halogens is 1. The van der Waals surface area contributed by atoms with Crippen LogP contribution in [0.4, 0.5) is 5.69 Å². The third kappa shape index (κ3) is 5.64. The summed E-state index contributed by atoms with van der Waals surface area (Å²) in [4.78, 5) is 12.6. The molecule has 0 aliphatic rings. The molecule has 3 aromatic rings. The Hall–Kier alpha value is -2.77. The van der Waals surface area contributed by atoms with Crippen molar-refractivity contribution in [1.82, 2.24) is 14.8 Å². The second-order valence-electron chi connectivity index (χ2n) is 6.60. The number of benzene rings is 2. The van der Waals surface area contributed by atoms with E-state index in [2.05, 4.69) is 22.1 Å². The molecule has 2 aromatic carbocycles. The first kappa shape index (κ1) is 21.9. The van der Waals surface area contributed by atoms with Crippen molar-refractivity contribution in [1.29, 1.82) is 0 Å². The van der Waals surface area contributed by atoms with Crippen molar-refractivity contribution >= 4 is 35.0 Å². The van der Waals surface area contributed by atoms with Gasteiger partial charge in [-0.15, -0.1) is 16.8 Å². The molecule has 0 aliphatic heterocycles. The van der Waals surface area contributed by atoms with Gasteiger partial charge in [-0.3, -0.25) is 9.36 Å². The minimum Gasteiger partial charge on any atom is -0.486 e. The lowest BCUT2D eigenvalue weighted by molar-refractivity contribution is -0.115. The van der Waals surface area contributed by atoms with Crippen molar-refractivity contribution in [2.45, 2.75) is 37.4 Å². The van der Waals surface area contributed by atoms with E-state index in [9.17, 15) is 4.79 Å². The maximum atomic E-state index is 12.6. The van der Waals surface area contributed by atoms with E-state index in [0.29, 0.717) is 28.3 Å². The lowest BCUT2D eigenvalue weighted by atomic mass is 10.2. The van der Waals surface area contributed by atoms with Gasteiger partial charge in [0, 0.05) is 17.3 Å². The quantitative estimate of drug-likeness (QED) is 0.367. The summed E-state index contributed by atoms with van der Waals surface area (Å²) in [5.41, 5.74) is 1.82. The summed E-state index contributed by atoms with van der Waals surface area (Å²) in [7, 11) is 0. The number of thioether (sulfide) groups is 1. The van der Waals surface area contributed by atoms with E-state index in [-0.39, 0.29) is 17.8 Å². The summed E-state index contributed by atoms with van der Waals surface area (Å²) < 4.78 is 7.68. The smallest absolute Gasteiger partial charge is 0.237 e. The van der Waals surface area contributed by atoms with Gasteiger partial charge in [-0.05, 0) is 49.7 Å². The van der Waals surface area contributed by atoms with Gasteiger partial charge in [0.15, 0.2) is 11.0 Å². The van der Waals surface area contributed by atoms with E-state index in [1.807, 2.05) is 42.7 Å². The number of rotatable bonds is 9. The molecule has 1 amide bonds. The first-order valence-corrected chi connectivity index (χ1v) is 10.7. The SMILES string of the molecule is C=CCn1c(COc2ccc(Cl)cc2)nnc1SC(C)C(=O)Nc1ccccc1C. The van der Waals surface area contributed by atoms with E-state index in [1.165, 1.54) is 11.8 Å². The van der Waals surface area contributed by atoms with Crippen LogP contribution in [0.25, 0.3) is 0 Å². The average Bonchev–Trinajstić information content (AvgIpc) is 3.11. The highest BCUT2D eigenvalue weighted by Crippen LogP contribution is 2.25. The molecule has 0 aliphatic carbocycles. The number of allylic oxidation sites excluding steroid dienone is 1. The Labute approximate surface area is 185 Å². The summed E-state index contributed by atoms with van der Waals surface area (Å²) in [5, 5.41) is 12.4. The summed E-state index contributed by atoms with van der Waals surface area (Å²) in [6.07, 6.45) is 1.76. The molecular weight excluding hydrogens is 420 g/mol. The number of carbonyl (C=O) groups excluding carboxylic acids is 1. The molecule has 1 heterocycles. The Morgan fingerprint density at radius 1 is 1.27 bits per heavy atom. The molecule has 1 aromatic heterocycles. The van der Waals surface area contributed by atoms with E-state index in [1.54, 1.807) is 30.3 Å². The predicted octanol–water partition coefficient (Wildman–Crippen LogP) is 5.12. The summed E-state index contributed by atoms with van der Waals surface area (Å²) >= 11 is 7.25. The largest absolute Gasteiger partial charge is 0.486 e. The fraction of sp³-hybridized carbons (Fsp3) is 0.227. The summed E-state index contributed by atoms with van der Waals surface area (Å²) in [6, 6.07) is 14.8. The van der Waals surface area contributed by atoms with Gasteiger partial charge in [0.05, 0.1) is 5.25 Å². The second-order valence-corrected chi connectivity index (χ2v) is 8.35. The number of nitrogens with one attached hydrogen (secondary N) is 1. The monoisotopic (exact) mass is 442 g/mol. The molecule has 0 saturated carbocycles. The van der Waals surface area contributed by atoms with Gasteiger partial charge in [0.2, 0.25) is 5.91 Å². The molecule has 1 unspecified atom stereocenters. The van der Waals surface area contributed by atoms with Crippen LogP contribution in [0.5, 0.6) is 5.75 Å². The van der Waals surface area contributed by atoms with E-state index < -0.39 is 0 Å². The highest BCUT2D eigenvalue weighted by atomic mass is 35.5. The van der Waals surface area contributed by atoms with Gasteiger partial charge in [0.25, 0.3) is 0 Å². The number of hydrogen-bond donors (Lipinski definition) is 1. The molecule has 0 spiro atoms. The molecule has 8 heteroatoms. The topological polar surface area (TPSA) is 69.0 Å². The number of aryl methyl sites for hydroxylation is 1. The molecule has 1 atom stereocenters. The van der Waals surface area contributed by atoms with Crippen molar-refractivity contribution in [2.24, 2.45) is 0 Å². The first-order chi connectivity index (χ1) is 14.5. The van der Waals surface area contributed by atoms with Gasteiger partial charge in [0.1, 0.15) is 12.4 Å². The number of anilines is 1. The van der Waals surface area contributed by atoms with Crippen molar-refractivity contribution in [3.8, 4) is 5.75 Å². The number of para-hydroxylation sites is 1. The van der Waals surface area contributed by atoms with Gasteiger partial charge < -0.3 is 10.1 Å². The van der Waals surface area contributed by atoms with Crippen LogP contribution in [0.1, 0.15) is 18.3 Å². The zero-order valence-corrected chi connectivity index (χ0v) is 18.4. The zero-order chi connectivity index (χ0) is 21.5. The van der Waals surface area contributed by atoms with Crippen LogP contribution >= 0.6 is 23.4 Å². The molecule has 0 radical (unpaired) electrons. The Kier molecular flexibility index (Phi) is 7.54. The third-order valence-electron chi connectivity index (χ3n) is 4.34. The molecular formula is C22H23ClN4O2S. The highest BCUT2D eigenvalue weighted by molar-refractivity contribution is 8.00. The van der Waals surface area contributed by atoms with Crippen molar-refractivity contribution < 1.29 is 9.53 Å². The number of amides is 1. The van der Waals surface area contributed by atoms with E-state index in [0.717, 1.165) is 11.3 Å². The number of ether oxygens (including phenoxy) is 1. The van der Waals surface area contributed by atoms with Gasteiger partial charge in [-0.2, -0.15) is 0 Å². The van der Waals surface area contributed by atoms with Crippen LogP contribution < -0.4 is 10.1 Å². The molecule has 156 valence electrons. The minimum absolute atomic E-state index is 0.0959. The molecule has 0 fully saturated rings. The van der Waals surface area contributed by atoms with E-state index >= 15 is 0 Å². The van der Waals surface area contributed by atoms with Gasteiger partial charge in [-0.25, -0.2) is 0 Å². The Morgan fingerprint density at radius 2 is 2.00 bits per heavy atom. The summed E-state index contributed by atoms with van der Waals surface area (Å²) in [5.74, 6) is 1.24. The third-order valence-corrected chi connectivity index (χ3v) is 5.67. The number of hydrogen-bond acceptors (Lipinski definition) is 5. The molecule has 0 saturated heterocycles. The number of nitrogens with zero attached hydrogens (tertiary/aromatic N) is 3. The molecule has 0 bridgehead atoms. The van der Waals surface area contributed by atoms with Gasteiger partial charge >= 0.3 is 0 Å². The fourth-order valence-corrected chi connectivity index (χ4v) is 3.67. The molecule has 3 rings (SSSR count). The highest BCUT2D eigenvalue weighted by Gasteiger charge is 2.20. The zero-order valence-electron chi connectivity index (χ0n) is 16.8. The number of aromatic nitrogens is 3. The second kappa shape index (κ2) is 10.3. The Balaban J connectivity index is 1.67. The van der Waals surface area contributed by atoms with Crippen LogP contribution in [0.2, 0.25) is 5.02 Å². The first-order valence-electron chi connectivity index (χ1n) is 9.42. The van der Waals surface area contributed by atoms with Crippen molar-refractivity contribution in [2.75, 3.05) is 5.32 Å². The molecule has 1 N–H and O–H groups in total. The fourth-order valence-electron chi connectivity index (χ4n) is 2.66. The van der Waals surface area contributed by atoms with Crippen LogP contribution in [-0.2, 0) is 17.9 Å². The average molecular weight is 443 g/mol. The molecule has 6 nitrogen and oxygen atoms in total. The maximum absolute atomic E-state index is 12.6. The summed E-state index contributed by atoms with van der Waals surface area (Å²) in [6.45, 7) is 8.36. The predicted molar refractivity (Wildman–Crippen MR) is 121 cm³/mol. The van der Waals surface area contributed by atoms with Crippen LogP contribution in [-0.4, -0.2) is 25.9 Å². The standard InChI is InChI=1S/C22H23ClN4O2S/c1-4-13-27-20(14-29-18-11-9-17(23)10-12-18)25-26-22(27)30-16(3)21(28)24-19-8-6-5-7-15(19)2/h4-12,16H,1,13-14H2,2-3H3,(H,24,28). The molecule has 30 heavy (non-hydrogen) atoms. The Morgan fingerprint density at radius 3 is 2.70 bits per heavy atom. The lowest BCUT2D eigenvalue weighted by Gasteiger charge is -2.14. The van der Waals surface area contributed by atoms with E-state index in [4.69, 9.17) is 16.3 Å². The van der Waals surface area contributed by atoms with Crippen molar-refractivity contribution in [3.63, 3.8) is 0 Å². The maximum Gasteiger partial charge on any atom is 0.237 e. The van der Waals surface area contributed by atoms with Crippen molar-refractivity contribution in [3.05, 3.63) is 77.6 Å². The van der Waals surface area contributed by atoms with Crippen LogP contribution in [0, 0.1) is 6.92 Å². The van der Waals surface area contributed by atoms with Crippen LogP contribution in [0.3, 0.4) is 0 Å². The van der Waals surface area contributed by atoms with Crippen LogP contribution in [0.15, 0.2) is 66.3 Å².